The molecule has 22 heavy (non-hydrogen) atoms. The van der Waals surface area contributed by atoms with E-state index in [1.54, 1.807) is 0 Å². The highest BCUT2D eigenvalue weighted by atomic mass is 35.5. The average Bonchev–Trinajstić information content (AvgIpc) is 2.41. The lowest BCUT2D eigenvalue weighted by Gasteiger charge is -2.14. The summed E-state index contributed by atoms with van der Waals surface area (Å²) < 4.78 is 11.0. The molecule has 0 amide bonds. The molecule has 7 heteroatoms. The lowest BCUT2D eigenvalue weighted by molar-refractivity contribution is -0.385. The van der Waals surface area contributed by atoms with Crippen molar-refractivity contribution in [1.82, 2.24) is 0 Å². The van der Waals surface area contributed by atoms with E-state index in [0.717, 1.165) is 6.07 Å². The van der Waals surface area contributed by atoms with E-state index in [1.165, 1.54) is 6.07 Å². The second kappa shape index (κ2) is 7.98. The lowest BCUT2D eigenvalue weighted by Crippen LogP contribution is -2.10. The van der Waals surface area contributed by atoms with E-state index in [4.69, 9.17) is 21.1 Å². The van der Waals surface area contributed by atoms with Crippen LogP contribution in [0.15, 0.2) is 12.1 Å². The molecule has 0 heterocycles. The zero-order chi connectivity index (χ0) is 16.9. The lowest BCUT2D eigenvalue weighted by atomic mass is 10.1. The summed E-state index contributed by atoms with van der Waals surface area (Å²) in [5.41, 5.74) is -0.340. The van der Waals surface area contributed by atoms with E-state index >= 15 is 0 Å². The van der Waals surface area contributed by atoms with Crippen molar-refractivity contribution in [3.05, 3.63) is 27.8 Å². The van der Waals surface area contributed by atoms with E-state index in [-0.39, 0.29) is 34.6 Å². The third-order valence-corrected chi connectivity index (χ3v) is 2.82. The second-order valence-electron chi connectivity index (χ2n) is 5.76. The van der Waals surface area contributed by atoms with Crippen LogP contribution in [0.4, 0.5) is 5.69 Å². The molecule has 0 N–H and O–H groups in total. The first-order valence-electron chi connectivity index (χ1n) is 7.00. The maximum absolute atomic E-state index is 11.5. The summed E-state index contributed by atoms with van der Waals surface area (Å²) in [4.78, 5) is 22.0. The fourth-order valence-corrected chi connectivity index (χ4v) is 1.74. The summed E-state index contributed by atoms with van der Waals surface area (Å²) in [6, 6.07) is 2.46. The number of nitro benzene ring substituents is 1. The van der Waals surface area contributed by atoms with Crippen LogP contribution in [0.2, 0.25) is 0 Å². The van der Waals surface area contributed by atoms with Gasteiger partial charge in [0, 0.05) is 12.1 Å². The van der Waals surface area contributed by atoms with Gasteiger partial charge in [0.2, 0.25) is 5.75 Å². The van der Waals surface area contributed by atoms with Crippen LogP contribution in [0.5, 0.6) is 11.5 Å². The van der Waals surface area contributed by atoms with Gasteiger partial charge in [0.25, 0.3) is 5.24 Å². The number of rotatable bonds is 8. The third-order valence-electron chi connectivity index (χ3n) is 2.61. The Labute approximate surface area is 134 Å². The van der Waals surface area contributed by atoms with E-state index in [0.29, 0.717) is 13.2 Å². The Hall–Kier alpha value is -1.82. The van der Waals surface area contributed by atoms with Gasteiger partial charge in [-0.3, -0.25) is 14.9 Å². The van der Waals surface area contributed by atoms with E-state index in [2.05, 4.69) is 0 Å². The van der Waals surface area contributed by atoms with Crippen LogP contribution < -0.4 is 9.47 Å². The highest BCUT2D eigenvalue weighted by Crippen LogP contribution is 2.36. The Morgan fingerprint density at radius 3 is 2.05 bits per heavy atom. The Morgan fingerprint density at radius 1 is 1.14 bits per heavy atom. The first kappa shape index (κ1) is 18.2. The molecule has 0 aliphatic rings. The normalized spacial score (nSPS) is 10.9. The first-order valence-corrected chi connectivity index (χ1v) is 7.38. The van der Waals surface area contributed by atoms with Crippen molar-refractivity contribution in [1.29, 1.82) is 0 Å². The number of hydrogen-bond donors (Lipinski definition) is 0. The van der Waals surface area contributed by atoms with Gasteiger partial charge in [0.15, 0.2) is 0 Å². The van der Waals surface area contributed by atoms with Gasteiger partial charge in [0.1, 0.15) is 5.75 Å². The molecule has 0 aliphatic heterocycles. The predicted octanol–water partition coefficient (Wildman–Crippen LogP) is 4.04. The van der Waals surface area contributed by atoms with Crippen molar-refractivity contribution < 1.29 is 19.2 Å². The summed E-state index contributed by atoms with van der Waals surface area (Å²) >= 11 is 5.50. The fourth-order valence-electron chi connectivity index (χ4n) is 1.59. The predicted molar refractivity (Wildman–Crippen MR) is 83.9 cm³/mol. The molecule has 0 saturated carbocycles. The molecule has 0 aromatic heterocycles. The van der Waals surface area contributed by atoms with E-state index in [1.807, 2.05) is 27.7 Å². The quantitative estimate of drug-likeness (QED) is 0.408. The molecule has 6 nitrogen and oxygen atoms in total. The SMILES string of the molecule is CC(C)COc1cc(OCC(C)C)c([N+](=O)[O-])cc1C(=O)Cl. The summed E-state index contributed by atoms with van der Waals surface area (Å²) in [6.45, 7) is 8.43. The van der Waals surface area contributed by atoms with E-state index in [9.17, 15) is 14.9 Å². The van der Waals surface area contributed by atoms with Crippen LogP contribution in [-0.2, 0) is 0 Å². The largest absolute Gasteiger partial charge is 0.492 e. The van der Waals surface area contributed by atoms with Crippen LogP contribution in [0.25, 0.3) is 0 Å². The molecule has 1 rings (SSSR count). The average molecular weight is 330 g/mol. The third kappa shape index (κ3) is 5.18. The van der Waals surface area contributed by atoms with Crippen molar-refractivity contribution in [3.8, 4) is 11.5 Å². The maximum Gasteiger partial charge on any atom is 0.311 e. The summed E-state index contributed by atoms with van der Waals surface area (Å²) in [5.74, 6) is 0.694. The molecule has 0 atom stereocenters. The molecule has 1 aromatic rings. The molecule has 122 valence electrons. The molecule has 0 aliphatic carbocycles. The van der Waals surface area contributed by atoms with Gasteiger partial charge in [-0.1, -0.05) is 27.7 Å². The van der Waals surface area contributed by atoms with Crippen molar-refractivity contribution in [3.63, 3.8) is 0 Å². The minimum absolute atomic E-state index is 0.0362. The highest BCUT2D eigenvalue weighted by Gasteiger charge is 2.23. The van der Waals surface area contributed by atoms with Crippen molar-refractivity contribution >= 4 is 22.5 Å². The Balaban J connectivity index is 3.25. The summed E-state index contributed by atoms with van der Waals surface area (Å²) in [5, 5.41) is 10.3. The minimum atomic E-state index is -0.808. The van der Waals surface area contributed by atoms with Crippen LogP contribution in [0.1, 0.15) is 38.1 Å². The number of benzene rings is 1. The molecular weight excluding hydrogens is 310 g/mol. The van der Waals surface area contributed by atoms with Crippen LogP contribution >= 0.6 is 11.6 Å². The zero-order valence-electron chi connectivity index (χ0n) is 13.1. The highest BCUT2D eigenvalue weighted by molar-refractivity contribution is 6.68. The molecular formula is C15H20ClNO5. The van der Waals surface area contributed by atoms with Crippen molar-refractivity contribution in [2.24, 2.45) is 11.8 Å². The van der Waals surface area contributed by atoms with Crippen molar-refractivity contribution in [2.45, 2.75) is 27.7 Å². The van der Waals surface area contributed by atoms with Gasteiger partial charge >= 0.3 is 5.69 Å². The fraction of sp³-hybridized carbons (Fsp3) is 0.533. The smallest absolute Gasteiger partial charge is 0.311 e. The molecule has 0 unspecified atom stereocenters. The standard InChI is InChI=1S/C15H20ClNO5/c1-9(2)7-21-13-6-14(22-8-10(3)4)12(17(19)20)5-11(13)15(16)18/h5-6,9-10H,7-8H2,1-4H3. The number of hydrogen-bond acceptors (Lipinski definition) is 5. The van der Waals surface area contributed by atoms with Crippen LogP contribution in [-0.4, -0.2) is 23.4 Å². The number of nitrogens with zero attached hydrogens (tertiary/aromatic N) is 1. The topological polar surface area (TPSA) is 78.7 Å². The second-order valence-corrected chi connectivity index (χ2v) is 6.10. The maximum atomic E-state index is 11.5. The Bertz CT molecular complexity index is 512. The molecule has 0 saturated heterocycles. The summed E-state index contributed by atoms with van der Waals surface area (Å²) in [6.07, 6.45) is 0. The molecule has 0 radical (unpaired) electrons. The summed E-state index contributed by atoms with van der Waals surface area (Å²) in [7, 11) is 0. The number of ether oxygens (including phenoxy) is 2. The van der Waals surface area contributed by atoms with Gasteiger partial charge in [-0.05, 0) is 23.4 Å². The number of carbonyl (C=O) groups excluding carboxylic acids is 1. The molecule has 1 aromatic carbocycles. The van der Waals surface area contributed by atoms with Crippen LogP contribution in [0.3, 0.4) is 0 Å². The van der Waals surface area contributed by atoms with Gasteiger partial charge in [-0.25, -0.2) is 0 Å². The number of halogens is 1. The number of carbonyl (C=O) groups is 1. The monoisotopic (exact) mass is 329 g/mol. The van der Waals surface area contributed by atoms with Crippen molar-refractivity contribution in [2.75, 3.05) is 13.2 Å². The molecule has 0 bridgehead atoms. The Morgan fingerprint density at radius 2 is 1.64 bits per heavy atom. The van der Waals surface area contributed by atoms with E-state index < -0.39 is 10.2 Å². The Kier molecular flexibility index (Phi) is 6.61. The number of nitro groups is 1. The molecule has 0 spiro atoms. The van der Waals surface area contributed by atoms with Gasteiger partial charge in [-0.15, -0.1) is 0 Å². The van der Waals surface area contributed by atoms with Gasteiger partial charge in [0.05, 0.1) is 23.7 Å². The van der Waals surface area contributed by atoms with Gasteiger partial charge < -0.3 is 9.47 Å². The first-order chi connectivity index (χ1) is 10.2. The van der Waals surface area contributed by atoms with Crippen LogP contribution in [0, 0.1) is 22.0 Å². The minimum Gasteiger partial charge on any atom is -0.492 e. The van der Waals surface area contributed by atoms with Gasteiger partial charge in [-0.2, -0.15) is 0 Å². The zero-order valence-corrected chi connectivity index (χ0v) is 13.8. The molecule has 0 fully saturated rings.